The summed E-state index contributed by atoms with van der Waals surface area (Å²) in [5.41, 5.74) is 3.06. The fourth-order valence-electron chi connectivity index (χ4n) is 3.68. The second-order valence-electron chi connectivity index (χ2n) is 10.1. The Labute approximate surface area is 280 Å². The molecule has 13 heteroatoms. The van der Waals surface area contributed by atoms with E-state index < -0.39 is 41.4 Å². The van der Waals surface area contributed by atoms with Gasteiger partial charge in [0.25, 0.3) is 0 Å². The van der Waals surface area contributed by atoms with E-state index in [0.29, 0.717) is 11.3 Å². The van der Waals surface area contributed by atoms with Gasteiger partial charge in [-0.25, -0.2) is 4.79 Å². The molecule has 0 bridgehead atoms. The second kappa shape index (κ2) is 21.0. The Hall–Kier alpha value is -5.98. The first-order chi connectivity index (χ1) is 23.0. The average Bonchev–Trinajstić information content (AvgIpc) is 3.03. The highest BCUT2D eigenvalue weighted by molar-refractivity contribution is 6.33. The fraction of sp³-hybridized carbons (Fsp3) is 0.194. The molecule has 4 aromatic carbocycles. The Kier molecular flexibility index (Phi) is 17.6. The van der Waals surface area contributed by atoms with Crippen molar-refractivity contribution in [2.45, 2.75) is 38.8 Å². The van der Waals surface area contributed by atoms with Crippen LogP contribution in [0.5, 0.6) is 5.75 Å². The molecule has 4 aromatic rings. The Morgan fingerprint density at radius 3 is 1.43 bits per heavy atom. The molecule has 0 aliphatic carbocycles. The number of carboxylic acids is 4. The van der Waals surface area contributed by atoms with Crippen molar-refractivity contribution in [1.29, 1.82) is 0 Å². The number of alkyl halides is 3. The smallest absolute Gasteiger partial charge is 0.416 e. The van der Waals surface area contributed by atoms with E-state index in [0.717, 1.165) is 46.5 Å². The molecule has 0 fully saturated rings. The summed E-state index contributed by atoms with van der Waals surface area (Å²) in [5, 5.41) is 33.6. The minimum atomic E-state index is -4.37. The molecule has 0 atom stereocenters. The number of hydrogen-bond acceptors (Lipinski definition) is 6. The van der Waals surface area contributed by atoms with Crippen LogP contribution in [-0.4, -0.2) is 57.2 Å². The Balaban J connectivity index is 0.000000328. The Bertz CT molecular complexity index is 1650. The summed E-state index contributed by atoms with van der Waals surface area (Å²) >= 11 is 0. The lowest BCUT2D eigenvalue weighted by molar-refractivity contribution is -0.148. The lowest BCUT2D eigenvalue weighted by Gasteiger charge is -2.06. The molecule has 0 aromatic heterocycles. The van der Waals surface area contributed by atoms with Crippen molar-refractivity contribution >= 4 is 29.7 Å². The maximum Gasteiger partial charge on any atom is 0.416 e. The number of ketones is 1. The summed E-state index contributed by atoms with van der Waals surface area (Å²) in [7, 11) is 1.56. The first-order valence-corrected chi connectivity index (χ1v) is 14.3. The van der Waals surface area contributed by atoms with Gasteiger partial charge in [-0.2, -0.15) is 13.2 Å². The van der Waals surface area contributed by atoms with Gasteiger partial charge < -0.3 is 25.2 Å². The van der Waals surface area contributed by atoms with E-state index in [1.807, 2.05) is 37.3 Å². The van der Waals surface area contributed by atoms with Crippen LogP contribution < -0.4 is 4.74 Å². The number of carbonyl (C=O) groups excluding carboxylic acids is 1. The van der Waals surface area contributed by atoms with E-state index in [9.17, 15) is 37.1 Å². The largest absolute Gasteiger partial charge is 0.497 e. The number of benzene rings is 4. The van der Waals surface area contributed by atoms with E-state index in [-0.39, 0.29) is 25.7 Å². The molecule has 0 aliphatic heterocycles. The number of Topliss-reactive ketones (excluding diaryl/α,β-unsaturated/α-hetero) is 1. The third-order valence-electron chi connectivity index (χ3n) is 6.05. The molecule has 49 heavy (non-hydrogen) atoms. The molecule has 0 saturated carbocycles. The number of aliphatic carboxylic acids is 4. The zero-order valence-corrected chi connectivity index (χ0v) is 26.5. The van der Waals surface area contributed by atoms with Crippen molar-refractivity contribution < 1.29 is 62.3 Å². The SMILES string of the molecule is COc1cccc(CC(=O)O)c1.Cc1ccc(CC(=O)O)cc1.O=C(O)C(=O)Cc1ccccc1.O=C(O)Cc1ccc(C(F)(F)F)cc1. The third-order valence-corrected chi connectivity index (χ3v) is 6.05. The van der Waals surface area contributed by atoms with Crippen molar-refractivity contribution in [3.63, 3.8) is 0 Å². The van der Waals surface area contributed by atoms with Gasteiger partial charge in [0.05, 0.1) is 31.9 Å². The summed E-state index contributed by atoms with van der Waals surface area (Å²) in [6.07, 6.45) is -4.52. The van der Waals surface area contributed by atoms with E-state index >= 15 is 0 Å². The van der Waals surface area contributed by atoms with Crippen LogP contribution >= 0.6 is 0 Å². The number of methoxy groups -OCH3 is 1. The Morgan fingerprint density at radius 2 is 1.00 bits per heavy atom. The van der Waals surface area contributed by atoms with E-state index in [2.05, 4.69) is 0 Å². The average molecular weight is 685 g/mol. The third kappa shape index (κ3) is 18.7. The fourth-order valence-corrected chi connectivity index (χ4v) is 3.68. The van der Waals surface area contributed by atoms with Gasteiger partial charge in [-0.15, -0.1) is 0 Å². The molecule has 0 heterocycles. The van der Waals surface area contributed by atoms with Crippen molar-refractivity contribution in [3.05, 3.63) is 137 Å². The normalized spacial score (nSPS) is 9.98. The number of rotatable bonds is 10. The highest BCUT2D eigenvalue weighted by Gasteiger charge is 2.29. The molecule has 0 aliphatic rings. The number of aryl methyl sites for hydroxylation is 1. The lowest BCUT2D eigenvalue weighted by Crippen LogP contribution is -2.14. The molecule has 0 amide bonds. The first-order valence-electron chi connectivity index (χ1n) is 14.3. The van der Waals surface area contributed by atoms with Crippen LogP contribution in [0.2, 0.25) is 0 Å². The summed E-state index contributed by atoms with van der Waals surface area (Å²) in [6.45, 7) is 1.98. The topological polar surface area (TPSA) is 176 Å². The molecule has 4 rings (SSSR count). The maximum absolute atomic E-state index is 12.1. The van der Waals surface area contributed by atoms with Crippen LogP contribution in [0.1, 0.15) is 33.4 Å². The van der Waals surface area contributed by atoms with E-state index in [4.69, 9.17) is 25.2 Å². The highest BCUT2D eigenvalue weighted by Crippen LogP contribution is 2.29. The van der Waals surface area contributed by atoms with Gasteiger partial charge in [0, 0.05) is 6.42 Å². The molecular weight excluding hydrogens is 649 g/mol. The zero-order chi connectivity index (χ0) is 37.0. The molecule has 10 nitrogen and oxygen atoms in total. The second-order valence-corrected chi connectivity index (χ2v) is 10.1. The van der Waals surface area contributed by atoms with Crippen LogP contribution in [0.4, 0.5) is 13.2 Å². The number of carboxylic acid groups (broad SMARTS) is 4. The molecule has 0 unspecified atom stereocenters. The minimum absolute atomic E-state index is 0.0316. The standard InChI is InChI=1S/C9H7F3O2.C9H10O3.C9H8O3.C9H10O2/c10-9(11,12)7-3-1-6(2-4-7)5-8(13)14;1-12-8-4-2-3-7(5-8)6-9(10)11;10-8(9(11)12)6-7-4-2-1-3-5-7;1-7-2-4-8(5-3-7)6-9(10)11/h1-4H,5H2,(H,13,14);2-5H,6H2,1H3,(H,10,11);1-5H,6H2,(H,11,12);2-5H,6H2,1H3,(H,10,11). The van der Waals surface area contributed by atoms with E-state index in [1.54, 1.807) is 55.6 Å². The molecule has 0 spiro atoms. The summed E-state index contributed by atoms with van der Waals surface area (Å²) < 4.78 is 41.1. The van der Waals surface area contributed by atoms with Gasteiger partial charge in [-0.05, 0) is 53.4 Å². The van der Waals surface area contributed by atoms with Crippen LogP contribution in [-0.2, 0) is 55.8 Å². The minimum Gasteiger partial charge on any atom is -0.497 e. The van der Waals surface area contributed by atoms with Crippen molar-refractivity contribution in [2.24, 2.45) is 0 Å². The highest BCUT2D eigenvalue weighted by atomic mass is 19.4. The van der Waals surface area contributed by atoms with Crippen molar-refractivity contribution in [3.8, 4) is 5.75 Å². The molecule has 0 radical (unpaired) electrons. The van der Waals surface area contributed by atoms with Gasteiger partial charge in [-0.3, -0.25) is 19.2 Å². The van der Waals surface area contributed by atoms with Crippen LogP contribution in [0, 0.1) is 6.92 Å². The van der Waals surface area contributed by atoms with Crippen LogP contribution in [0.3, 0.4) is 0 Å². The monoisotopic (exact) mass is 684 g/mol. The molecule has 260 valence electrons. The van der Waals surface area contributed by atoms with Crippen LogP contribution in [0.25, 0.3) is 0 Å². The zero-order valence-electron chi connectivity index (χ0n) is 26.5. The predicted molar refractivity (Wildman–Crippen MR) is 172 cm³/mol. The molecular formula is C36H35F3O10. The van der Waals surface area contributed by atoms with Gasteiger partial charge in [0.15, 0.2) is 0 Å². The number of hydrogen-bond donors (Lipinski definition) is 4. The maximum atomic E-state index is 12.1. The van der Waals surface area contributed by atoms with Gasteiger partial charge in [-0.1, -0.05) is 84.4 Å². The summed E-state index contributed by atoms with van der Waals surface area (Å²) in [4.78, 5) is 51.7. The number of halogens is 3. The number of ether oxygens (including phenoxy) is 1. The predicted octanol–water partition coefficient (Wildman–Crippen LogP) is 6.16. The molecule has 4 N–H and O–H groups in total. The first kappa shape index (κ1) is 41.0. The Morgan fingerprint density at radius 1 is 0.571 bits per heavy atom. The van der Waals surface area contributed by atoms with Gasteiger partial charge in [0.2, 0.25) is 5.78 Å². The van der Waals surface area contributed by atoms with Gasteiger partial charge >= 0.3 is 30.1 Å². The van der Waals surface area contributed by atoms with E-state index in [1.165, 1.54) is 0 Å². The van der Waals surface area contributed by atoms with Crippen molar-refractivity contribution in [2.75, 3.05) is 7.11 Å². The molecule has 0 saturated heterocycles. The summed E-state index contributed by atoms with van der Waals surface area (Å²) in [6, 6.07) is 27.4. The van der Waals surface area contributed by atoms with Gasteiger partial charge in [0.1, 0.15) is 5.75 Å². The van der Waals surface area contributed by atoms with Crippen molar-refractivity contribution in [1.82, 2.24) is 0 Å². The lowest BCUT2D eigenvalue weighted by atomic mass is 10.1. The summed E-state index contributed by atoms with van der Waals surface area (Å²) in [5.74, 6) is -4.14. The quantitative estimate of drug-likeness (QED) is 0.142. The number of carbonyl (C=O) groups is 5. The van der Waals surface area contributed by atoms with Crippen LogP contribution in [0.15, 0.2) is 103 Å².